The Morgan fingerprint density at radius 1 is 0.727 bits per heavy atom. The summed E-state index contributed by atoms with van der Waals surface area (Å²) in [4.78, 5) is 0. The van der Waals surface area contributed by atoms with Crippen molar-refractivity contribution in [1.29, 1.82) is 0 Å². The second kappa shape index (κ2) is 5.60. The Morgan fingerprint density at radius 2 is 1.09 bits per heavy atom. The monoisotopic (exact) mass is 324 g/mol. The van der Waals surface area contributed by atoms with Gasteiger partial charge in [-0.3, -0.25) is 0 Å². The van der Waals surface area contributed by atoms with Crippen LogP contribution in [0, 0.1) is 0 Å². The molecule has 6 N–H and O–H groups in total. The van der Waals surface area contributed by atoms with Crippen molar-refractivity contribution in [3.8, 4) is 0 Å². The maximum Gasteiger partial charge on any atom is 0.222 e. The molecule has 3 rings (SSSR count). The minimum Gasteiger partial charge on any atom is -0.394 e. The fourth-order valence-electron chi connectivity index (χ4n) is 3.02. The van der Waals surface area contributed by atoms with Gasteiger partial charge in [-0.1, -0.05) is 0 Å². The van der Waals surface area contributed by atoms with E-state index >= 15 is 0 Å². The minimum atomic E-state index is -1.69. The molecule has 0 aromatic heterocycles. The Hall–Kier alpha value is -0.400. The van der Waals surface area contributed by atoms with E-state index in [1.807, 2.05) is 0 Å². The average molecular weight is 324 g/mol. The van der Waals surface area contributed by atoms with Gasteiger partial charge in [0.15, 0.2) is 0 Å². The summed E-state index contributed by atoms with van der Waals surface area (Å²) in [6, 6.07) is 0. The molecule has 0 bridgehead atoms. The van der Waals surface area contributed by atoms with Crippen LogP contribution in [0.3, 0.4) is 0 Å². The smallest absolute Gasteiger partial charge is 0.222 e. The summed E-state index contributed by atoms with van der Waals surface area (Å²) in [5, 5.41) is 57.8. The highest BCUT2D eigenvalue weighted by atomic mass is 16.8. The lowest BCUT2D eigenvalue weighted by Crippen LogP contribution is -2.62. The quantitative estimate of drug-likeness (QED) is 0.293. The minimum absolute atomic E-state index is 0.399. The molecular weight excluding hydrogens is 304 g/mol. The predicted octanol–water partition coefficient (Wildman–Crippen LogP) is -4.35. The summed E-state index contributed by atoms with van der Waals surface area (Å²) in [7, 11) is 0. The van der Waals surface area contributed by atoms with Gasteiger partial charge >= 0.3 is 0 Å². The van der Waals surface area contributed by atoms with E-state index in [9.17, 15) is 20.4 Å². The molecule has 2 spiro atoms. The molecule has 3 aliphatic rings. The summed E-state index contributed by atoms with van der Waals surface area (Å²) in [6.45, 7) is -1.83. The van der Waals surface area contributed by atoms with Crippen LogP contribution in [0.1, 0.15) is 0 Å². The molecule has 22 heavy (non-hydrogen) atoms. The van der Waals surface area contributed by atoms with Crippen molar-refractivity contribution in [1.82, 2.24) is 0 Å². The molecule has 128 valence electrons. The zero-order chi connectivity index (χ0) is 16.1. The first-order valence-corrected chi connectivity index (χ1v) is 6.96. The van der Waals surface area contributed by atoms with Gasteiger partial charge in [-0.25, -0.2) is 0 Å². The third-order valence-electron chi connectivity index (χ3n) is 4.41. The number of aliphatic hydroxyl groups is 6. The Labute approximate surface area is 125 Å². The molecule has 8 unspecified atom stereocenters. The number of hydrogen-bond acceptors (Lipinski definition) is 10. The summed E-state index contributed by atoms with van der Waals surface area (Å²) in [5.74, 6) is -3.38. The highest BCUT2D eigenvalue weighted by molar-refractivity contribution is 5.03. The number of hydrogen-bond donors (Lipinski definition) is 6. The van der Waals surface area contributed by atoms with E-state index in [-0.39, 0.29) is 0 Å². The third-order valence-corrected chi connectivity index (χ3v) is 4.41. The first-order valence-electron chi connectivity index (χ1n) is 6.96. The maximum atomic E-state index is 10.0. The van der Waals surface area contributed by atoms with Crippen molar-refractivity contribution >= 4 is 0 Å². The van der Waals surface area contributed by atoms with Crippen molar-refractivity contribution in [3.05, 3.63) is 0 Å². The van der Waals surface area contributed by atoms with Gasteiger partial charge < -0.3 is 49.6 Å². The molecular formula is C12H20O10. The number of ether oxygens (including phenoxy) is 4. The SMILES string of the molecule is OCC1OC2(COC3(CO2)OC(CO)C(O)C3O)C(O)C1O. The fourth-order valence-corrected chi connectivity index (χ4v) is 3.02. The van der Waals surface area contributed by atoms with E-state index < -0.39 is 74.6 Å². The standard InChI is InChI=1S/C12H20O10/c13-1-5-7(15)9(17)11(21-5)3-20-12(4-19-11)10(18)8(16)6(2-14)22-12/h5-10,13-18H,1-4H2. The van der Waals surface area contributed by atoms with Gasteiger partial charge in [0.1, 0.15) is 49.8 Å². The summed E-state index contributed by atoms with van der Waals surface area (Å²) in [6.07, 6.45) is -7.69. The Balaban J connectivity index is 1.73. The summed E-state index contributed by atoms with van der Waals surface area (Å²) in [5.41, 5.74) is 0. The predicted molar refractivity (Wildman–Crippen MR) is 65.3 cm³/mol. The Bertz CT molecular complexity index is 371. The Morgan fingerprint density at radius 3 is 1.32 bits per heavy atom. The van der Waals surface area contributed by atoms with Crippen LogP contribution in [0.15, 0.2) is 0 Å². The normalized spacial score (nSPS) is 55.4. The summed E-state index contributed by atoms with van der Waals surface area (Å²) >= 11 is 0. The lowest BCUT2D eigenvalue weighted by molar-refractivity contribution is -0.401. The third kappa shape index (κ3) is 2.19. The van der Waals surface area contributed by atoms with Gasteiger partial charge in [-0.2, -0.15) is 0 Å². The molecule has 0 aliphatic carbocycles. The van der Waals surface area contributed by atoms with Crippen LogP contribution in [0.2, 0.25) is 0 Å². The van der Waals surface area contributed by atoms with Crippen LogP contribution in [-0.4, -0.2) is 105 Å². The molecule has 3 saturated heterocycles. The van der Waals surface area contributed by atoms with Gasteiger partial charge in [0.05, 0.1) is 13.2 Å². The van der Waals surface area contributed by atoms with Crippen LogP contribution in [-0.2, 0) is 18.9 Å². The van der Waals surface area contributed by atoms with Gasteiger partial charge in [0.25, 0.3) is 0 Å². The van der Waals surface area contributed by atoms with Crippen molar-refractivity contribution in [2.75, 3.05) is 26.4 Å². The van der Waals surface area contributed by atoms with Crippen molar-refractivity contribution in [2.24, 2.45) is 0 Å². The second-order valence-electron chi connectivity index (χ2n) is 5.75. The molecule has 0 amide bonds. The topological polar surface area (TPSA) is 158 Å². The maximum absolute atomic E-state index is 10.0. The highest BCUT2D eigenvalue weighted by Crippen LogP contribution is 2.42. The van der Waals surface area contributed by atoms with Crippen LogP contribution in [0.5, 0.6) is 0 Å². The largest absolute Gasteiger partial charge is 0.394 e. The van der Waals surface area contributed by atoms with Gasteiger partial charge in [-0.15, -0.1) is 0 Å². The van der Waals surface area contributed by atoms with Crippen LogP contribution >= 0.6 is 0 Å². The van der Waals surface area contributed by atoms with Crippen molar-refractivity contribution in [2.45, 2.75) is 48.2 Å². The first-order chi connectivity index (χ1) is 10.4. The molecule has 10 heteroatoms. The van der Waals surface area contributed by atoms with Crippen LogP contribution in [0.4, 0.5) is 0 Å². The van der Waals surface area contributed by atoms with Crippen LogP contribution < -0.4 is 0 Å². The zero-order valence-corrected chi connectivity index (χ0v) is 11.6. The van der Waals surface area contributed by atoms with Crippen LogP contribution in [0.25, 0.3) is 0 Å². The molecule has 10 nitrogen and oxygen atoms in total. The molecule has 0 radical (unpaired) electrons. The average Bonchev–Trinajstić information content (AvgIpc) is 2.91. The summed E-state index contributed by atoms with van der Waals surface area (Å²) < 4.78 is 21.6. The lowest BCUT2D eigenvalue weighted by atomic mass is 10.0. The molecule has 8 atom stereocenters. The first kappa shape index (κ1) is 16.5. The zero-order valence-electron chi connectivity index (χ0n) is 11.6. The van der Waals surface area contributed by atoms with Gasteiger partial charge in [0, 0.05) is 0 Å². The number of rotatable bonds is 2. The molecule has 3 heterocycles. The molecule has 3 fully saturated rings. The number of aliphatic hydroxyl groups excluding tert-OH is 6. The van der Waals surface area contributed by atoms with E-state index in [2.05, 4.69) is 0 Å². The molecule has 0 aromatic rings. The lowest BCUT2D eigenvalue weighted by Gasteiger charge is -2.44. The molecule has 0 saturated carbocycles. The van der Waals surface area contributed by atoms with Crippen molar-refractivity contribution < 1.29 is 49.6 Å². The molecule has 3 aliphatic heterocycles. The van der Waals surface area contributed by atoms with Gasteiger partial charge in [-0.05, 0) is 0 Å². The highest BCUT2D eigenvalue weighted by Gasteiger charge is 2.64. The van der Waals surface area contributed by atoms with E-state index in [0.29, 0.717) is 0 Å². The van der Waals surface area contributed by atoms with Crippen molar-refractivity contribution in [3.63, 3.8) is 0 Å². The van der Waals surface area contributed by atoms with E-state index in [1.54, 1.807) is 0 Å². The second-order valence-corrected chi connectivity index (χ2v) is 5.75. The van der Waals surface area contributed by atoms with E-state index in [4.69, 9.17) is 29.2 Å². The van der Waals surface area contributed by atoms with E-state index in [0.717, 1.165) is 0 Å². The molecule has 0 aromatic carbocycles. The van der Waals surface area contributed by atoms with E-state index in [1.165, 1.54) is 0 Å². The van der Waals surface area contributed by atoms with Gasteiger partial charge in [0.2, 0.25) is 11.6 Å². The fraction of sp³-hybridized carbons (Fsp3) is 1.00. The Kier molecular flexibility index (Phi) is 4.19.